The number of aryl methyl sites for hydroxylation is 1. The smallest absolute Gasteiger partial charge is 0.228 e. The van der Waals surface area contributed by atoms with E-state index in [1.807, 2.05) is 31.2 Å². The maximum Gasteiger partial charge on any atom is 0.228 e. The van der Waals surface area contributed by atoms with Gasteiger partial charge in [-0.2, -0.15) is 4.98 Å². The summed E-state index contributed by atoms with van der Waals surface area (Å²) in [5.74, 6) is 0.834. The average Bonchev–Trinajstić information content (AvgIpc) is 2.89. The number of benzene rings is 2. The van der Waals surface area contributed by atoms with Crippen LogP contribution in [0.3, 0.4) is 0 Å². The maximum atomic E-state index is 16.5. The van der Waals surface area contributed by atoms with Crippen molar-refractivity contribution >= 4 is 45.9 Å². The molecule has 4 aliphatic rings. The molecule has 0 unspecified atom stereocenters. The lowest BCUT2D eigenvalue weighted by Crippen LogP contribution is -2.61. The van der Waals surface area contributed by atoms with Gasteiger partial charge in [-0.3, -0.25) is 0 Å². The monoisotopic (exact) mass is 562 g/mol. The summed E-state index contributed by atoms with van der Waals surface area (Å²) >= 11 is 6.77. The van der Waals surface area contributed by atoms with Crippen LogP contribution in [0.5, 0.6) is 0 Å². The lowest BCUT2D eigenvalue weighted by molar-refractivity contribution is 0.245. The Labute approximate surface area is 240 Å². The molecule has 9 heteroatoms. The predicted octanol–water partition coefficient (Wildman–Crippen LogP) is 5.42. The van der Waals surface area contributed by atoms with E-state index in [9.17, 15) is 5.11 Å². The molecular formula is C31H36ClFN6O. The molecule has 0 aliphatic carbocycles. The van der Waals surface area contributed by atoms with E-state index >= 15 is 4.39 Å². The number of halogens is 2. The topological polar surface area (TPSA) is 67.8 Å². The molecule has 4 aliphatic heterocycles. The number of aliphatic hydroxyl groups excluding tert-OH is 1. The highest BCUT2D eigenvalue weighted by Crippen LogP contribution is 2.39. The van der Waals surface area contributed by atoms with Gasteiger partial charge in [0, 0.05) is 55.3 Å². The van der Waals surface area contributed by atoms with Gasteiger partial charge in [0.05, 0.1) is 5.02 Å². The highest BCUT2D eigenvalue weighted by Gasteiger charge is 2.37. The number of likely N-dealkylation sites (N-methyl/N-ethyl adjacent to an activating group) is 1. The Balaban J connectivity index is 1.44. The molecule has 0 radical (unpaired) electrons. The van der Waals surface area contributed by atoms with Crippen LogP contribution in [-0.2, 0) is 0 Å². The van der Waals surface area contributed by atoms with E-state index in [1.54, 1.807) is 25.1 Å². The van der Waals surface area contributed by atoms with Crippen molar-refractivity contribution in [2.24, 2.45) is 0 Å². The molecule has 7 nitrogen and oxygen atoms in total. The fraction of sp³-hybridized carbons (Fsp3) is 0.419. The Morgan fingerprint density at radius 3 is 2.60 bits per heavy atom. The zero-order chi connectivity index (χ0) is 28.1. The van der Waals surface area contributed by atoms with Crippen molar-refractivity contribution in [3.8, 4) is 0 Å². The van der Waals surface area contributed by atoms with Gasteiger partial charge in [0.2, 0.25) is 5.95 Å². The molecule has 2 aromatic carbocycles. The number of fused-ring (bicyclic) bond motifs is 4. The molecule has 2 bridgehead atoms. The number of anilines is 2. The van der Waals surface area contributed by atoms with Crippen molar-refractivity contribution in [3.63, 3.8) is 0 Å². The number of piperazine rings is 1. The molecule has 0 spiro atoms. The Morgan fingerprint density at radius 2 is 1.95 bits per heavy atom. The number of piperidine rings is 2. The van der Waals surface area contributed by atoms with Crippen LogP contribution in [0.2, 0.25) is 5.02 Å². The van der Waals surface area contributed by atoms with Gasteiger partial charge in [-0.1, -0.05) is 35.9 Å². The maximum absolute atomic E-state index is 16.5. The molecule has 4 fully saturated rings. The van der Waals surface area contributed by atoms with Gasteiger partial charge in [0.15, 0.2) is 5.82 Å². The molecule has 40 heavy (non-hydrogen) atoms. The Bertz CT molecular complexity index is 1510. The van der Waals surface area contributed by atoms with Gasteiger partial charge in [-0.15, -0.1) is 0 Å². The third kappa shape index (κ3) is 4.93. The summed E-state index contributed by atoms with van der Waals surface area (Å²) in [5.41, 5.74) is 2.96. The van der Waals surface area contributed by atoms with Crippen LogP contribution in [0.4, 0.5) is 16.2 Å². The number of hydrogen-bond acceptors (Lipinski definition) is 7. The van der Waals surface area contributed by atoms with E-state index in [-0.39, 0.29) is 21.9 Å². The summed E-state index contributed by atoms with van der Waals surface area (Å²) in [4.78, 5) is 16.4. The molecule has 2 atom stereocenters. The van der Waals surface area contributed by atoms with Crippen molar-refractivity contribution in [1.29, 1.82) is 0 Å². The molecule has 0 saturated carbocycles. The fourth-order valence-electron chi connectivity index (χ4n) is 6.05. The van der Waals surface area contributed by atoms with Crippen LogP contribution in [0.1, 0.15) is 36.5 Å². The minimum Gasteiger partial charge on any atom is -0.508 e. The standard InChI is InChI=1S/C31H36ClFN6O/c1-18-7-5-6-8-20(18)12-24(40)11-19(2)27-26(32)13-25-29(28(27)33)35-31(38-16-23(17-38)37(3)4)36-30(25)39-15-21-9-10-22(39)14-34-21/h5-8,11-13,21-23,34,40H,9-10,14-17H2,1-4H3/b19-11+,24-12+/t21-,22-/m0/s1. The molecule has 1 aromatic heterocycles. The van der Waals surface area contributed by atoms with E-state index < -0.39 is 5.82 Å². The minimum atomic E-state index is -0.491. The van der Waals surface area contributed by atoms with Crippen LogP contribution in [0.25, 0.3) is 22.6 Å². The number of aliphatic hydroxyl groups is 1. The Hall–Kier alpha value is -3.20. The van der Waals surface area contributed by atoms with Crippen molar-refractivity contribution < 1.29 is 9.50 Å². The number of nitrogens with zero attached hydrogens (tertiary/aromatic N) is 5. The van der Waals surface area contributed by atoms with Crippen molar-refractivity contribution in [2.45, 2.75) is 44.8 Å². The summed E-state index contributed by atoms with van der Waals surface area (Å²) in [6, 6.07) is 10.7. The first kappa shape index (κ1) is 27.0. The molecular weight excluding hydrogens is 527 g/mol. The highest BCUT2D eigenvalue weighted by atomic mass is 35.5. The quantitative estimate of drug-likeness (QED) is 0.307. The lowest BCUT2D eigenvalue weighted by atomic mass is 9.92. The van der Waals surface area contributed by atoms with Crippen molar-refractivity contribution in [2.75, 3.05) is 50.1 Å². The van der Waals surface area contributed by atoms with Crippen molar-refractivity contribution in [3.05, 3.63) is 69.7 Å². The zero-order valence-electron chi connectivity index (χ0n) is 23.5. The van der Waals surface area contributed by atoms with E-state index in [4.69, 9.17) is 21.6 Å². The molecule has 4 saturated heterocycles. The number of nitrogens with one attached hydrogen (secondary N) is 1. The summed E-state index contributed by atoms with van der Waals surface area (Å²) < 4.78 is 16.5. The van der Waals surface area contributed by atoms with Crippen LogP contribution < -0.4 is 15.1 Å². The third-order valence-electron chi connectivity index (χ3n) is 8.60. The molecule has 0 amide bonds. The zero-order valence-corrected chi connectivity index (χ0v) is 24.2. The van der Waals surface area contributed by atoms with E-state index in [0.717, 1.165) is 56.0 Å². The summed E-state index contributed by atoms with van der Waals surface area (Å²) in [5, 5.41) is 15.2. The first-order valence-corrected chi connectivity index (χ1v) is 14.3. The van der Waals surface area contributed by atoms with Crippen LogP contribution in [-0.4, -0.2) is 78.4 Å². The lowest BCUT2D eigenvalue weighted by Gasteiger charge is -2.47. The number of aromatic nitrogens is 2. The van der Waals surface area contributed by atoms with Gasteiger partial charge in [-0.05, 0) is 75.7 Å². The summed E-state index contributed by atoms with van der Waals surface area (Å²) in [7, 11) is 4.14. The number of hydrogen-bond donors (Lipinski definition) is 2. The SMILES string of the molecule is C/C(=C\C(O)=C/c1ccccc1C)c1c(Cl)cc2c(N3C[C@@H]4CC[C@H]3CN4)nc(N3CC(N(C)C)C3)nc2c1F. The predicted molar refractivity (Wildman–Crippen MR) is 162 cm³/mol. The van der Waals surface area contributed by atoms with Gasteiger partial charge in [-0.25, -0.2) is 9.37 Å². The number of allylic oxidation sites excluding steroid dienone is 2. The highest BCUT2D eigenvalue weighted by molar-refractivity contribution is 6.33. The van der Waals surface area contributed by atoms with Crippen LogP contribution >= 0.6 is 11.6 Å². The van der Waals surface area contributed by atoms with E-state index in [2.05, 4.69) is 34.1 Å². The Kier molecular flexibility index (Phi) is 7.19. The van der Waals surface area contributed by atoms with Gasteiger partial charge < -0.3 is 25.1 Å². The van der Waals surface area contributed by atoms with Gasteiger partial charge in [0.25, 0.3) is 0 Å². The molecule has 7 rings (SSSR count). The largest absolute Gasteiger partial charge is 0.508 e. The van der Waals surface area contributed by atoms with Crippen LogP contribution in [0, 0.1) is 12.7 Å². The molecule has 210 valence electrons. The first-order valence-electron chi connectivity index (χ1n) is 14.0. The second-order valence-electron chi connectivity index (χ2n) is 11.6. The summed E-state index contributed by atoms with van der Waals surface area (Å²) in [6.07, 6.45) is 5.44. The summed E-state index contributed by atoms with van der Waals surface area (Å²) in [6.45, 7) is 7.05. The average molecular weight is 563 g/mol. The third-order valence-corrected chi connectivity index (χ3v) is 8.90. The van der Waals surface area contributed by atoms with Crippen molar-refractivity contribution in [1.82, 2.24) is 20.2 Å². The Morgan fingerprint density at radius 1 is 1.18 bits per heavy atom. The van der Waals surface area contributed by atoms with E-state index in [0.29, 0.717) is 35.0 Å². The van der Waals surface area contributed by atoms with E-state index in [1.165, 1.54) is 0 Å². The second-order valence-corrected chi connectivity index (χ2v) is 12.0. The van der Waals surface area contributed by atoms with Gasteiger partial charge >= 0.3 is 0 Å². The fourth-order valence-corrected chi connectivity index (χ4v) is 6.39. The molecule has 3 aromatic rings. The molecule has 2 N–H and O–H groups in total. The normalized spacial score (nSPS) is 22.0. The first-order chi connectivity index (χ1) is 19.2. The molecule has 5 heterocycles. The van der Waals surface area contributed by atoms with Gasteiger partial charge in [0.1, 0.15) is 17.1 Å². The van der Waals surface area contributed by atoms with Crippen LogP contribution in [0.15, 0.2) is 42.2 Å². The number of rotatable bonds is 6. The minimum absolute atomic E-state index is 0.0265. The second kappa shape index (κ2) is 10.7.